The van der Waals surface area contributed by atoms with Gasteiger partial charge in [-0.2, -0.15) is 0 Å². The molecule has 0 aromatic heterocycles. The van der Waals surface area contributed by atoms with E-state index in [1.54, 1.807) is 0 Å². The number of hydrogen-bond donors (Lipinski definition) is 1. The monoisotopic (exact) mass is 217 g/mol. The van der Waals surface area contributed by atoms with Gasteiger partial charge in [0.15, 0.2) is 0 Å². The van der Waals surface area contributed by atoms with Crippen molar-refractivity contribution in [2.45, 2.75) is 12.8 Å². The van der Waals surface area contributed by atoms with E-state index in [-0.39, 0.29) is 0 Å². The Morgan fingerprint density at radius 2 is 2.06 bits per heavy atom. The van der Waals surface area contributed by atoms with Crippen molar-refractivity contribution in [2.75, 3.05) is 13.1 Å². The molecule has 84 valence electrons. The van der Waals surface area contributed by atoms with Crippen molar-refractivity contribution in [3.05, 3.63) is 47.5 Å². The van der Waals surface area contributed by atoms with Crippen molar-refractivity contribution >= 4 is 6.09 Å². The number of carboxylic acid groups (broad SMARTS) is 1. The van der Waals surface area contributed by atoms with E-state index in [4.69, 9.17) is 5.11 Å². The summed E-state index contributed by atoms with van der Waals surface area (Å²) in [7, 11) is 0. The van der Waals surface area contributed by atoms with E-state index in [2.05, 4.69) is 12.1 Å². The summed E-state index contributed by atoms with van der Waals surface area (Å²) in [6, 6.07) is 10.3. The van der Waals surface area contributed by atoms with E-state index in [1.165, 1.54) is 16.0 Å². The van der Waals surface area contributed by atoms with Crippen molar-refractivity contribution < 1.29 is 9.90 Å². The molecule has 1 aliphatic rings. The van der Waals surface area contributed by atoms with Crippen LogP contribution in [0, 0.1) is 0 Å². The molecule has 1 heterocycles. The summed E-state index contributed by atoms with van der Waals surface area (Å²) in [5.41, 5.74) is 2.63. The molecular weight excluding hydrogens is 202 g/mol. The molecule has 0 saturated heterocycles. The van der Waals surface area contributed by atoms with E-state index in [1.807, 2.05) is 24.3 Å². The zero-order chi connectivity index (χ0) is 11.4. The fourth-order valence-electron chi connectivity index (χ4n) is 1.90. The first-order chi connectivity index (χ1) is 7.75. The molecule has 3 nitrogen and oxygen atoms in total. The van der Waals surface area contributed by atoms with E-state index >= 15 is 0 Å². The molecule has 1 aliphatic heterocycles. The van der Waals surface area contributed by atoms with Gasteiger partial charge in [0.25, 0.3) is 0 Å². The second-order valence-corrected chi connectivity index (χ2v) is 4.00. The quantitative estimate of drug-likeness (QED) is 0.773. The van der Waals surface area contributed by atoms with Gasteiger partial charge >= 0.3 is 6.09 Å². The maximum absolute atomic E-state index is 10.7. The third kappa shape index (κ3) is 2.63. The van der Waals surface area contributed by atoms with Crippen LogP contribution in [0.4, 0.5) is 4.79 Å². The van der Waals surface area contributed by atoms with E-state index in [0.717, 1.165) is 12.8 Å². The highest BCUT2D eigenvalue weighted by Gasteiger charge is 2.15. The zero-order valence-corrected chi connectivity index (χ0v) is 9.10. The molecule has 0 radical (unpaired) electrons. The fourth-order valence-corrected chi connectivity index (χ4v) is 1.90. The number of benzene rings is 1. The number of rotatable bonds is 2. The maximum atomic E-state index is 10.7. The van der Waals surface area contributed by atoms with E-state index in [0.29, 0.717) is 13.1 Å². The van der Waals surface area contributed by atoms with Crippen molar-refractivity contribution in [1.82, 2.24) is 4.90 Å². The van der Waals surface area contributed by atoms with Gasteiger partial charge in [0, 0.05) is 13.1 Å². The summed E-state index contributed by atoms with van der Waals surface area (Å²) >= 11 is 0. The molecule has 16 heavy (non-hydrogen) atoms. The zero-order valence-electron chi connectivity index (χ0n) is 9.10. The topological polar surface area (TPSA) is 40.5 Å². The van der Waals surface area contributed by atoms with Crippen LogP contribution in [0.1, 0.15) is 12.0 Å². The van der Waals surface area contributed by atoms with Crippen LogP contribution in [-0.2, 0) is 6.42 Å². The first-order valence-corrected chi connectivity index (χ1v) is 5.45. The second kappa shape index (κ2) is 4.84. The van der Waals surface area contributed by atoms with Crippen LogP contribution in [0.25, 0.3) is 0 Å². The Kier molecular flexibility index (Phi) is 3.25. The van der Waals surface area contributed by atoms with Crippen molar-refractivity contribution in [3.8, 4) is 0 Å². The molecule has 3 heteroatoms. The third-order valence-electron chi connectivity index (χ3n) is 2.85. The van der Waals surface area contributed by atoms with Gasteiger partial charge in [-0.1, -0.05) is 42.0 Å². The van der Waals surface area contributed by atoms with Crippen LogP contribution in [0.15, 0.2) is 42.0 Å². The summed E-state index contributed by atoms with van der Waals surface area (Å²) in [6.07, 6.45) is 3.00. The highest BCUT2D eigenvalue weighted by Crippen LogP contribution is 2.16. The summed E-state index contributed by atoms with van der Waals surface area (Å²) in [4.78, 5) is 12.2. The van der Waals surface area contributed by atoms with Gasteiger partial charge in [0.2, 0.25) is 0 Å². The van der Waals surface area contributed by atoms with Gasteiger partial charge in [0.1, 0.15) is 0 Å². The van der Waals surface area contributed by atoms with Crippen molar-refractivity contribution in [2.24, 2.45) is 0 Å². The normalized spacial score (nSPS) is 15.8. The summed E-state index contributed by atoms with van der Waals surface area (Å²) in [6.45, 7) is 1.14. The minimum absolute atomic E-state index is 0.525. The minimum atomic E-state index is -0.824. The number of nitrogens with zero attached hydrogens (tertiary/aromatic N) is 1. The van der Waals surface area contributed by atoms with Crippen LogP contribution >= 0.6 is 0 Å². The molecule has 0 unspecified atom stereocenters. The molecule has 0 bridgehead atoms. The predicted octanol–water partition coefficient (Wildman–Crippen LogP) is 2.54. The van der Waals surface area contributed by atoms with Crippen LogP contribution in [-0.4, -0.2) is 29.2 Å². The molecule has 1 aromatic rings. The van der Waals surface area contributed by atoms with Crippen LogP contribution in [0.3, 0.4) is 0 Å². The lowest BCUT2D eigenvalue weighted by Crippen LogP contribution is -2.33. The Labute approximate surface area is 95.0 Å². The first kappa shape index (κ1) is 10.7. The Bertz CT molecular complexity index is 398. The minimum Gasteiger partial charge on any atom is -0.465 e. The highest BCUT2D eigenvalue weighted by molar-refractivity contribution is 5.65. The summed E-state index contributed by atoms with van der Waals surface area (Å²) in [5.74, 6) is 0. The lowest BCUT2D eigenvalue weighted by Gasteiger charge is -2.23. The Balaban J connectivity index is 1.96. The molecule has 0 saturated carbocycles. The number of hydrogen-bond acceptors (Lipinski definition) is 1. The van der Waals surface area contributed by atoms with Crippen LogP contribution in [0.5, 0.6) is 0 Å². The van der Waals surface area contributed by atoms with Crippen LogP contribution < -0.4 is 0 Å². The lowest BCUT2D eigenvalue weighted by molar-refractivity contribution is 0.149. The fraction of sp³-hybridized carbons (Fsp3) is 0.308. The number of amides is 1. The van der Waals surface area contributed by atoms with Crippen molar-refractivity contribution in [1.29, 1.82) is 0 Å². The molecular formula is C13H15NO2. The molecule has 0 fully saturated rings. The standard InChI is InChI=1S/C13H15NO2/c15-13(16)14-8-6-12(7-9-14)10-11-4-2-1-3-5-11/h1-6H,7-10H2,(H,15,16). The molecule has 1 aromatic carbocycles. The third-order valence-corrected chi connectivity index (χ3v) is 2.85. The summed E-state index contributed by atoms with van der Waals surface area (Å²) < 4.78 is 0. The molecule has 0 spiro atoms. The average molecular weight is 217 g/mol. The van der Waals surface area contributed by atoms with E-state index < -0.39 is 6.09 Å². The lowest BCUT2D eigenvalue weighted by atomic mass is 10.00. The molecule has 0 aliphatic carbocycles. The van der Waals surface area contributed by atoms with Gasteiger partial charge in [-0.15, -0.1) is 0 Å². The first-order valence-electron chi connectivity index (χ1n) is 5.45. The van der Waals surface area contributed by atoms with Crippen molar-refractivity contribution in [3.63, 3.8) is 0 Å². The summed E-state index contributed by atoms with van der Waals surface area (Å²) in [5, 5.41) is 8.81. The van der Waals surface area contributed by atoms with Gasteiger partial charge < -0.3 is 10.0 Å². The largest absolute Gasteiger partial charge is 0.465 e. The average Bonchev–Trinajstić information content (AvgIpc) is 2.31. The van der Waals surface area contributed by atoms with Gasteiger partial charge in [-0.25, -0.2) is 4.79 Å². The highest BCUT2D eigenvalue weighted by atomic mass is 16.4. The molecule has 1 amide bonds. The predicted molar refractivity (Wildman–Crippen MR) is 62.4 cm³/mol. The van der Waals surface area contributed by atoms with Crippen LogP contribution in [0.2, 0.25) is 0 Å². The second-order valence-electron chi connectivity index (χ2n) is 4.00. The maximum Gasteiger partial charge on any atom is 0.407 e. The number of carbonyl (C=O) groups is 1. The SMILES string of the molecule is O=C(O)N1CC=C(Cc2ccccc2)CC1. The smallest absolute Gasteiger partial charge is 0.407 e. The van der Waals surface area contributed by atoms with E-state index in [9.17, 15) is 4.79 Å². The van der Waals surface area contributed by atoms with Gasteiger partial charge in [0.05, 0.1) is 0 Å². The van der Waals surface area contributed by atoms with Gasteiger partial charge in [-0.3, -0.25) is 0 Å². The Morgan fingerprint density at radius 3 is 2.62 bits per heavy atom. The van der Waals surface area contributed by atoms with Gasteiger partial charge in [-0.05, 0) is 18.4 Å². The molecule has 1 N–H and O–H groups in total. The Hall–Kier alpha value is -1.77. The Morgan fingerprint density at radius 1 is 1.31 bits per heavy atom. The molecule has 2 rings (SSSR count). The molecule has 0 atom stereocenters.